The minimum absolute atomic E-state index is 0. The van der Waals surface area contributed by atoms with Crippen molar-refractivity contribution in [1.82, 2.24) is 30.3 Å². The molecule has 7 nitrogen and oxygen atoms in total. The van der Waals surface area contributed by atoms with Gasteiger partial charge in [-0.15, -0.1) is 34.2 Å². The minimum Gasteiger partial charge on any atom is -0.355 e. The van der Waals surface area contributed by atoms with Gasteiger partial charge in [0.2, 0.25) is 0 Å². The normalized spacial score (nSPS) is 21.8. The smallest absolute Gasteiger partial charge is 0.191 e. The van der Waals surface area contributed by atoms with E-state index >= 15 is 0 Å². The summed E-state index contributed by atoms with van der Waals surface area (Å²) in [5, 5.41) is 15.0. The van der Waals surface area contributed by atoms with Gasteiger partial charge < -0.3 is 15.2 Å². The van der Waals surface area contributed by atoms with Gasteiger partial charge in [0.05, 0.1) is 0 Å². The summed E-state index contributed by atoms with van der Waals surface area (Å²) in [7, 11) is 1.82. The van der Waals surface area contributed by atoms with Crippen LogP contribution in [-0.2, 0) is 13.0 Å². The van der Waals surface area contributed by atoms with Gasteiger partial charge in [0.25, 0.3) is 0 Å². The van der Waals surface area contributed by atoms with Crippen LogP contribution in [0.5, 0.6) is 0 Å². The van der Waals surface area contributed by atoms with Crippen molar-refractivity contribution >= 4 is 29.9 Å². The van der Waals surface area contributed by atoms with Crippen molar-refractivity contribution in [3.8, 4) is 0 Å². The molecule has 1 saturated heterocycles. The largest absolute Gasteiger partial charge is 0.355 e. The van der Waals surface area contributed by atoms with Crippen molar-refractivity contribution in [1.29, 1.82) is 0 Å². The molecule has 0 amide bonds. The molecule has 2 rings (SSSR count). The third kappa shape index (κ3) is 5.58. The number of guanidine groups is 1. The lowest BCUT2D eigenvalue weighted by atomic mass is 10.1. The molecular weight excluding hydrogens is 417 g/mol. The molecule has 2 unspecified atom stereocenters. The van der Waals surface area contributed by atoms with Crippen LogP contribution in [0.1, 0.15) is 33.5 Å². The van der Waals surface area contributed by atoms with Gasteiger partial charge in [0.1, 0.15) is 12.2 Å². The Bertz CT molecular complexity index is 514. The zero-order valence-corrected chi connectivity index (χ0v) is 17.8. The second kappa shape index (κ2) is 10.2. The summed E-state index contributed by atoms with van der Waals surface area (Å²) in [6, 6.07) is 1.05. The fourth-order valence-electron chi connectivity index (χ4n) is 3.02. The third-order valence-corrected chi connectivity index (χ3v) is 4.57. The quantitative estimate of drug-likeness (QED) is 0.390. The van der Waals surface area contributed by atoms with E-state index in [1.165, 1.54) is 0 Å². The van der Waals surface area contributed by atoms with Crippen molar-refractivity contribution in [2.24, 2.45) is 10.9 Å². The zero-order chi connectivity index (χ0) is 16.8. The molecule has 0 radical (unpaired) electrons. The van der Waals surface area contributed by atoms with Gasteiger partial charge in [0.15, 0.2) is 5.96 Å². The van der Waals surface area contributed by atoms with Gasteiger partial charge >= 0.3 is 0 Å². The number of halogens is 1. The Morgan fingerprint density at radius 1 is 1.42 bits per heavy atom. The molecule has 0 aliphatic carbocycles. The van der Waals surface area contributed by atoms with E-state index in [1.54, 1.807) is 6.33 Å². The standard InChI is InChI=1S/C16H31N7.HI/c1-6-15-21-19-11-22(15)8-7-18-16(17-5)20-14-10-23(12(2)3)9-13(14)4;/h11-14H,6-10H2,1-5H3,(H2,17,18,20);1H. The van der Waals surface area contributed by atoms with E-state index in [0.29, 0.717) is 18.0 Å². The molecule has 2 atom stereocenters. The van der Waals surface area contributed by atoms with Gasteiger partial charge in [-0.3, -0.25) is 9.89 Å². The topological polar surface area (TPSA) is 70.4 Å². The van der Waals surface area contributed by atoms with E-state index < -0.39 is 0 Å². The van der Waals surface area contributed by atoms with Gasteiger partial charge in [0, 0.05) is 51.7 Å². The summed E-state index contributed by atoms with van der Waals surface area (Å²) < 4.78 is 2.08. The molecule has 24 heavy (non-hydrogen) atoms. The van der Waals surface area contributed by atoms with Crippen molar-refractivity contribution in [3.05, 3.63) is 12.2 Å². The number of hydrogen-bond donors (Lipinski definition) is 2. The molecule has 1 aliphatic rings. The lowest BCUT2D eigenvalue weighted by molar-refractivity contribution is 0.265. The molecule has 1 fully saturated rings. The van der Waals surface area contributed by atoms with Crippen LogP contribution in [0.2, 0.25) is 0 Å². The second-order valence-corrected chi connectivity index (χ2v) is 6.57. The number of aromatic nitrogens is 3. The van der Waals surface area contributed by atoms with Crippen LogP contribution in [0.3, 0.4) is 0 Å². The molecule has 0 spiro atoms. The summed E-state index contributed by atoms with van der Waals surface area (Å²) in [6.45, 7) is 12.8. The Labute approximate surface area is 162 Å². The molecule has 0 bridgehead atoms. The number of nitrogens with zero attached hydrogens (tertiary/aromatic N) is 5. The first-order valence-electron chi connectivity index (χ1n) is 8.63. The number of nitrogens with one attached hydrogen (secondary N) is 2. The number of likely N-dealkylation sites (tertiary alicyclic amines) is 1. The first kappa shape index (κ1) is 21.1. The van der Waals surface area contributed by atoms with E-state index in [1.807, 2.05) is 7.05 Å². The molecular formula is C16H32IN7. The van der Waals surface area contributed by atoms with Gasteiger partial charge in [-0.2, -0.15) is 0 Å². The number of hydrogen-bond acceptors (Lipinski definition) is 4. The molecule has 2 N–H and O–H groups in total. The summed E-state index contributed by atoms with van der Waals surface area (Å²) in [5.41, 5.74) is 0. The van der Waals surface area contributed by atoms with Crippen LogP contribution < -0.4 is 10.6 Å². The SMILES string of the molecule is CCc1nncn1CCNC(=NC)NC1CN(C(C)C)CC1C.I. The summed E-state index contributed by atoms with van der Waals surface area (Å²) >= 11 is 0. The third-order valence-electron chi connectivity index (χ3n) is 4.57. The zero-order valence-electron chi connectivity index (χ0n) is 15.5. The molecule has 8 heteroatoms. The van der Waals surface area contributed by atoms with E-state index in [-0.39, 0.29) is 24.0 Å². The molecule has 138 valence electrons. The number of aryl methyl sites for hydroxylation is 1. The fourth-order valence-corrected chi connectivity index (χ4v) is 3.02. The van der Waals surface area contributed by atoms with Crippen LogP contribution in [0.25, 0.3) is 0 Å². The van der Waals surface area contributed by atoms with Gasteiger partial charge in [-0.25, -0.2) is 0 Å². The highest BCUT2D eigenvalue weighted by Crippen LogP contribution is 2.18. The Kier molecular flexibility index (Phi) is 8.96. The van der Waals surface area contributed by atoms with E-state index in [0.717, 1.165) is 44.4 Å². The minimum atomic E-state index is 0. The first-order chi connectivity index (χ1) is 11.0. The summed E-state index contributed by atoms with van der Waals surface area (Å²) in [6.07, 6.45) is 2.69. The Morgan fingerprint density at radius 3 is 2.75 bits per heavy atom. The molecule has 1 aromatic heterocycles. The van der Waals surface area contributed by atoms with Crippen molar-refractivity contribution in [2.45, 2.75) is 52.7 Å². The van der Waals surface area contributed by atoms with Gasteiger partial charge in [-0.05, 0) is 19.8 Å². The maximum absolute atomic E-state index is 4.35. The van der Waals surface area contributed by atoms with Crippen LogP contribution >= 0.6 is 24.0 Å². The summed E-state index contributed by atoms with van der Waals surface area (Å²) in [4.78, 5) is 6.87. The molecule has 0 aromatic carbocycles. The average molecular weight is 449 g/mol. The van der Waals surface area contributed by atoms with Crippen LogP contribution in [0.4, 0.5) is 0 Å². The number of rotatable bonds is 6. The van der Waals surface area contributed by atoms with Crippen LogP contribution in [-0.4, -0.2) is 64.4 Å². The Morgan fingerprint density at radius 2 is 2.17 bits per heavy atom. The van der Waals surface area contributed by atoms with Crippen LogP contribution in [0, 0.1) is 5.92 Å². The van der Waals surface area contributed by atoms with E-state index in [2.05, 4.69) is 63.0 Å². The predicted octanol–water partition coefficient (Wildman–Crippen LogP) is 1.35. The lowest BCUT2D eigenvalue weighted by Crippen LogP contribution is -2.47. The second-order valence-electron chi connectivity index (χ2n) is 6.57. The predicted molar refractivity (Wildman–Crippen MR) is 109 cm³/mol. The van der Waals surface area contributed by atoms with E-state index in [4.69, 9.17) is 0 Å². The fraction of sp³-hybridized carbons (Fsp3) is 0.812. The lowest BCUT2D eigenvalue weighted by Gasteiger charge is -2.22. The highest BCUT2D eigenvalue weighted by Gasteiger charge is 2.31. The Balaban J connectivity index is 0.00000288. The molecule has 0 saturated carbocycles. The van der Waals surface area contributed by atoms with Crippen molar-refractivity contribution < 1.29 is 0 Å². The molecule has 1 aliphatic heterocycles. The molecule has 2 heterocycles. The highest BCUT2D eigenvalue weighted by molar-refractivity contribution is 14.0. The first-order valence-corrected chi connectivity index (χ1v) is 8.63. The maximum Gasteiger partial charge on any atom is 0.191 e. The summed E-state index contributed by atoms with van der Waals surface area (Å²) in [5.74, 6) is 2.52. The Hall–Kier alpha value is -0.900. The molecule has 1 aromatic rings. The number of aliphatic imine (C=N–C) groups is 1. The van der Waals surface area contributed by atoms with Gasteiger partial charge in [-0.1, -0.05) is 13.8 Å². The highest BCUT2D eigenvalue weighted by atomic mass is 127. The maximum atomic E-state index is 4.35. The van der Waals surface area contributed by atoms with Crippen molar-refractivity contribution in [2.75, 3.05) is 26.7 Å². The van der Waals surface area contributed by atoms with Crippen molar-refractivity contribution in [3.63, 3.8) is 0 Å². The average Bonchev–Trinajstić information content (AvgIpc) is 3.13. The monoisotopic (exact) mass is 449 g/mol. The van der Waals surface area contributed by atoms with E-state index in [9.17, 15) is 0 Å². The van der Waals surface area contributed by atoms with Crippen LogP contribution in [0.15, 0.2) is 11.3 Å².